The number of nitrogens with two attached hydrogens (primary N) is 2. The van der Waals surface area contributed by atoms with E-state index in [0.717, 1.165) is 63.5 Å². The number of nitrogen functional groups attached to an aromatic ring is 2. The maximum absolute atomic E-state index is 6.20. The van der Waals surface area contributed by atoms with E-state index in [9.17, 15) is 0 Å². The summed E-state index contributed by atoms with van der Waals surface area (Å²) in [6.45, 7) is 6.72. The Kier molecular flexibility index (Phi) is 7.52. The van der Waals surface area contributed by atoms with Gasteiger partial charge in [0.1, 0.15) is 11.4 Å². The molecule has 0 bridgehead atoms. The molecule has 2 saturated heterocycles. The van der Waals surface area contributed by atoms with Crippen LogP contribution in [0.3, 0.4) is 0 Å². The van der Waals surface area contributed by atoms with Gasteiger partial charge in [-0.05, 0) is 38.4 Å². The summed E-state index contributed by atoms with van der Waals surface area (Å²) < 4.78 is 5.75. The van der Waals surface area contributed by atoms with Crippen molar-refractivity contribution in [2.75, 3.05) is 80.4 Å². The largest absolute Gasteiger partial charge is 0.494 e. The zero-order chi connectivity index (χ0) is 25.1. The quantitative estimate of drug-likeness (QED) is 0.456. The minimum absolute atomic E-state index is 0.272. The number of nitrogens with one attached hydrogen (secondary N) is 2. The van der Waals surface area contributed by atoms with Crippen LogP contribution >= 0.6 is 0 Å². The first-order valence-corrected chi connectivity index (χ1v) is 13.3. The molecule has 5 rings (SSSR count). The average molecular weight is 496 g/mol. The van der Waals surface area contributed by atoms with Gasteiger partial charge in [-0.15, -0.1) is 0 Å². The minimum Gasteiger partial charge on any atom is -0.494 e. The van der Waals surface area contributed by atoms with Crippen LogP contribution in [0.25, 0.3) is 0 Å². The van der Waals surface area contributed by atoms with Gasteiger partial charge < -0.3 is 36.6 Å². The molecule has 10 heteroatoms. The van der Waals surface area contributed by atoms with Gasteiger partial charge in [-0.2, -0.15) is 9.97 Å². The topological polar surface area (TPSA) is 121 Å². The third-order valence-electron chi connectivity index (χ3n) is 7.94. The second-order valence-electron chi connectivity index (χ2n) is 10.4. The molecule has 1 unspecified atom stereocenters. The molecular formula is C26H41N9O. The first-order valence-electron chi connectivity index (χ1n) is 13.3. The Balaban J connectivity index is 1.27. The van der Waals surface area contributed by atoms with Crippen molar-refractivity contribution in [3.8, 4) is 5.75 Å². The number of hydrogen-bond donors (Lipinski definition) is 4. The molecule has 3 heterocycles. The number of hydrogen-bond acceptors (Lipinski definition) is 10. The lowest BCUT2D eigenvalue weighted by Crippen LogP contribution is -2.49. The van der Waals surface area contributed by atoms with Crippen molar-refractivity contribution in [3.05, 3.63) is 18.2 Å². The maximum Gasteiger partial charge on any atom is 0.231 e. The maximum atomic E-state index is 6.20. The van der Waals surface area contributed by atoms with Gasteiger partial charge >= 0.3 is 0 Å². The van der Waals surface area contributed by atoms with Crippen LogP contribution in [0, 0.1) is 0 Å². The first-order chi connectivity index (χ1) is 17.5. The lowest BCUT2D eigenvalue weighted by atomic mass is 9.95. The van der Waals surface area contributed by atoms with E-state index in [0.29, 0.717) is 29.5 Å². The van der Waals surface area contributed by atoms with Crippen molar-refractivity contribution in [1.82, 2.24) is 19.8 Å². The van der Waals surface area contributed by atoms with E-state index < -0.39 is 0 Å². The number of piperazine rings is 1. The fourth-order valence-electron chi connectivity index (χ4n) is 5.65. The zero-order valence-electron chi connectivity index (χ0n) is 21.7. The molecule has 2 aliphatic heterocycles. The average Bonchev–Trinajstić information content (AvgIpc) is 3.38. The molecule has 1 atom stereocenters. The molecule has 36 heavy (non-hydrogen) atoms. The molecule has 2 aromatic rings. The van der Waals surface area contributed by atoms with E-state index in [-0.39, 0.29) is 5.82 Å². The third-order valence-corrected chi connectivity index (χ3v) is 7.94. The Hall–Kier alpha value is -2.98. The lowest BCUT2D eigenvalue weighted by Gasteiger charge is -2.36. The molecule has 0 amide bonds. The molecule has 1 aromatic heterocycles. The summed E-state index contributed by atoms with van der Waals surface area (Å²) in [5.74, 6) is 2.02. The molecule has 196 valence electrons. The van der Waals surface area contributed by atoms with Crippen LogP contribution in [0.2, 0.25) is 0 Å². The first kappa shape index (κ1) is 24.7. The van der Waals surface area contributed by atoms with E-state index in [1.807, 2.05) is 6.07 Å². The lowest BCUT2D eigenvalue weighted by molar-refractivity contribution is 0.120. The number of nitrogens with zero attached hydrogens (tertiary/aromatic N) is 5. The number of anilines is 6. The van der Waals surface area contributed by atoms with Gasteiger partial charge in [-0.3, -0.25) is 4.90 Å². The van der Waals surface area contributed by atoms with Crippen molar-refractivity contribution in [3.63, 3.8) is 0 Å². The Morgan fingerprint density at radius 2 is 1.75 bits per heavy atom. The smallest absolute Gasteiger partial charge is 0.231 e. The summed E-state index contributed by atoms with van der Waals surface area (Å²) in [6, 6.07) is 7.24. The predicted molar refractivity (Wildman–Crippen MR) is 147 cm³/mol. The third kappa shape index (κ3) is 5.54. The van der Waals surface area contributed by atoms with E-state index in [2.05, 4.69) is 54.5 Å². The molecular weight excluding hydrogens is 454 g/mol. The minimum atomic E-state index is 0.272. The molecule has 6 N–H and O–H groups in total. The number of methoxy groups -OCH3 is 1. The van der Waals surface area contributed by atoms with E-state index >= 15 is 0 Å². The number of likely N-dealkylation sites (N-methyl/N-ethyl adjacent to an activating group) is 1. The van der Waals surface area contributed by atoms with Crippen molar-refractivity contribution in [2.24, 2.45) is 0 Å². The predicted octanol–water partition coefficient (Wildman–Crippen LogP) is 2.96. The highest BCUT2D eigenvalue weighted by molar-refractivity contribution is 5.76. The van der Waals surface area contributed by atoms with Crippen molar-refractivity contribution >= 4 is 34.6 Å². The molecule has 0 radical (unpaired) electrons. The molecule has 0 spiro atoms. The fourth-order valence-corrected chi connectivity index (χ4v) is 5.65. The molecule has 3 aliphatic rings. The standard InChI is InChI=1S/C26H41N9O/c1-33-12-14-34(15-13-33)20-10-11-35(17-20)19-8-9-21(22(16-19)36-2)30-26-31-24(28)23(27)25(32-26)29-18-6-4-3-5-7-18/h8-9,16,18,20H,3-7,10-15,17,27H2,1-2H3,(H4,28,29,30,31,32). The highest BCUT2D eigenvalue weighted by Crippen LogP contribution is 2.35. The van der Waals surface area contributed by atoms with E-state index in [1.54, 1.807) is 7.11 Å². The van der Waals surface area contributed by atoms with Gasteiger partial charge in [0.25, 0.3) is 0 Å². The van der Waals surface area contributed by atoms with E-state index in [4.69, 9.17) is 16.2 Å². The summed E-state index contributed by atoms with van der Waals surface area (Å²) in [7, 11) is 3.90. The van der Waals surface area contributed by atoms with Crippen LogP contribution in [0.4, 0.5) is 34.6 Å². The Labute approximate surface area is 214 Å². The number of rotatable bonds is 7. The second-order valence-corrected chi connectivity index (χ2v) is 10.4. The Morgan fingerprint density at radius 3 is 2.50 bits per heavy atom. The van der Waals surface area contributed by atoms with Crippen molar-refractivity contribution in [1.29, 1.82) is 0 Å². The molecule has 1 aliphatic carbocycles. The molecule has 1 saturated carbocycles. The summed E-state index contributed by atoms with van der Waals surface area (Å²) in [6.07, 6.45) is 7.17. The number of ether oxygens (including phenoxy) is 1. The second kappa shape index (κ2) is 11.0. The molecule has 1 aromatic carbocycles. The van der Waals surface area contributed by atoms with Crippen LogP contribution in [-0.2, 0) is 0 Å². The molecule has 10 nitrogen and oxygen atoms in total. The molecule has 3 fully saturated rings. The SMILES string of the molecule is COc1cc(N2CCC(N3CCN(C)CC3)C2)ccc1Nc1nc(N)c(N)c(NC2CCCCC2)n1. The van der Waals surface area contributed by atoms with Crippen LogP contribution < -0.4 is 31.7 Å². The van der Waals surface area contributed by atoms with Gasteiger partial charge in [0, 0.05) is 63.1 Å². The van der Waals surface area contributed by atoms with Crippen molar-refractivity contribution < 1.29 is 4.74 Å². The monoisotopic (exact) mass is 495 g/mol. The van der Waals surface area contributed by atoms with Crippen molar-refractivity contribution in [2.45, 2.75) is 50.6 Å². The number of aromatic nitrogens is 2. The van der Waals surface area contributed by atoms with Crippen LogP contribution in [0.5, 0.6) is 5.75 Å². The van der Waals surface area contributed by atoms with Crippen LogP contribution in [0.1, 0.15) is 38.5 Å². The van der Waals surface area contributed by atoms with Gasteiger partial charge in [0.15, 0.2) is 11.6 Å². The number of benzene rings is 1. The summed E-state index contributed by atoms with van der Waals surface area (Å²) in [4.78, 5) is 16.5. The van der Waals surface area contributed by atoms with Crippen LogP contribution in [0.15, 0.2) is 18.2 Å². The van der Waals surface area contributed by atoms with Gasteiger partial charge in [0.2, 0.25) is 5.95 Å². The van der Waals surface area contributed by atoms with Crippen LogP contribution in [-0.4, -0.2) is 85.3 Å². The van der Waals surface area contributed by atoms with Gasteiger partial charge in [-0.25, -0.2) is 0 Å². The van der Waals surface area contributed by atoms with E-state index in [1.165, 1.54) is 31.4 Å². The summed E-state index contributed by atoms with van der Waals surface area (Å²) in [5, 5.41) is 6.78. The van der Waals surface area contributed by atoms with Gasteiger partial charge in [-0.1, -0.05) is 19.3 Å². The fraction of sp³-hybridized carbons (Fsp3) is 0.615. The normalized spacial score (nSPS) is 22.1. The Bertz CT molecular complexity index is 1030. The Morgan fingerprint density at radius 1 is 0.972 bits per heavy atom. The highest BCUT2D eigenvalue weighted by Gasteiger charge is 2.30. The summed E-state index contributed by atoms with van der Waals surface area (Å²) in [5.41, 5.74) is 14.7. The highest BCUT2D eigenvalue weighted by atomic mass is 16.5. The summed E-state index contributed by atoms with van der Waals surface area (Å²) >= 11 is 0. The zero-order valence-corrected chi connectivity index (χ0v) is 21.7. The van der Waals surface area contributed by atoms with Gasteiger partial charge in [0.05, 0.1) is 12.8 Å².